The van der Waals surface area contributed by atoms with Crippen molar-refractivity contribution in [2.75, 3.05) is 11.9 Å². The Kier molecular flexibility index (Phi) is 4.64. The van der Waals surface area contributed by atoms with Crippen molar-refractivity contribution in [3.8, 4) is 11.3 Å². The number of nitrogens with one attached hydrogen (secondary N) is 1. The van der Waals surface area contributed by atoms with Gasteiger partial charge in [0.15, 0.2) is 5.65 Å². The van der Waals surface area contributed by atoms with E-state index >= 15 is 0 Å². The molecule has 5 heteroatoms. The summed E-state index contributed by atoms with van der Waals surface area (Å²) in [5.74, 6) is 1.22. The largest absolute Gasteiger partial charge is 0.369 e. The molecule has 30 heavy (non-hydrogen) atoms. The van der Waals surface area contributed by atoms with Crippen molar-refractivity contribution >= 4 is 22.4 Å². The van der Waals surface area contributed by atoms with Gasteiger partial charge in [-0.15, -0.1) is 5.10 Å². The molecule has 0 aliphatic heterocycles. The van der Waals surface area contributed by atoms with Crippen LogP contribution in [0.5, 0.6) is 0 Å². The van der Waals surface area contributed by atoms with E-state index in [4.69, 9.17) is 4.98 Å². The van der Waals surface area contributed by atoms with Gasteiger partial charge in [0.05, 0.1) is 5.52 Å². The van der Waals surface area contributed by atoms with Gasteiger partial charge in [-0.3, -0.25) is 0 Å². The molecule has 2 heterocycles. The number of benzene rings is 3. The molecule has 3 aromatic carbocycles. The monoisotopic (exact) mass is 393 g/mol. The quantitative estimate of drug-likeness (QED) is 0.430. The molecule has 0 aliphatic rings. The maximum absolute atomic E-state index is 4.95. The number of anilines is 1. The molecule has 0 bridgehead atoms. The molecule has 1 atom stereocenters. The van der Waals surface area contributed by atoms with E-state index in [2.05, 4.69) is 90.1 Å². The smallest absolute Gasteiger partial charge is 0.186 e. The molecule has 148 valence electrons. The third kappa shape index (κ3) is 3.28. The maximum Gasteiger partial charge on any atom is 0.186 e. The van der Waals surface area contributed by atoms with E-state index in [1.807, 2.05) is 22.7 Å². The molecule has 0 radical (unpaired) electrons. The van der Waals surface area contributed by atoms with Gasteiger partial charge in [-0.25, -0.2) is 4.98 Å². The van der Waals surface area contributed by atoms with E-state index in [9.17, 15) is 0 Å². The highest BCUT2D eigenvalue weighted by Gasteiger charge is 2.16. The average molecular weight is 393 g/mol. The van der Waals surface area contributed by atoms with Gasteiger partial charge in [-0.1, -0.05) is 84.4 Å². The molecule has 0 spiro atoms. The Bertz CT molecular complexity index is 1310. The fourth-order valence-corrected chi connectivity index (χ4v) is 3.75. The minimum Gasteiger partial charge on any atom is -0.369 e. The summed E-state index contributed by atoms with van der Waals surface area (Å²) in [5.41, 5.74) is 6.07. The molecular weight excluding hydrogens is 370 g/mol. The molecular formula is C25H23N5. The van der Waals surface area contributed by atoms with Crippen molar-refractivity contribution < 1.29 is 0 Å². The topological polar surface area (TPSA) is 55.1 Å². The number of rotatable bonds is 5. The van der Waals surface area contributed by atoms with Crippen molar-refractivity contribution in [3.63, 3.8) is 0 Å². The van der Waals surface area contributed by atoms with Crippen LogP contribution >= 0.6 is 0 Å². The van der Waals surface area contributed by atoms with Gasteiger partial charge >= 0.3 is 0 Å². The molecule has 5 nitrogen and oxygen atoms in total. The van der Waals surface area contributed by atoms with Crippen molar-refractivity contribution in [3.05, 3.63) is 90.0 Å². The molecule has 1 N–H and O–H groups in total. The number of hydrogen-bond acceptors (Lipinski definition) is 4. The number of fused-ring (bicyclic) bond motifs is 3. The highest BCUT2D eigenvalue weighted by Crippen LogP contribution is 2.28. The van der Waals surface area contributed by atoms with E-state index < -0.39 is 0 Å². The van der Waals surface area contributed by atoms with Crippen LogP contribution < -0.4 is 5.32 Å². The van der Waals surface area contributed by atoms with E-state index in [-0.39, 0.29) is 0 Å². The highest BCUT2D eigenvalue weighted by molar-refractivity contribution is 5.93. The van der Waals surface area contributed by atoms with E-state index in [1.165, 1.54) is 11.1 Å². The van der Waals surface area contributed by atoms with E-state index in [0.29, 0.717) is 5.92 Å². The summed E-state index contributed by atoms with van der Waals surface area (Å²) in [5, 5.41) is 13.5. The van der Waals surface area contributed by atoms with Crippen LogP contribution in [0.1, 0.15) is 24.0 Å². The Morgan fingerprint density at radius 2 is 1.63 bits per heavy atom. The standard InChI is InChI=1S/C25H23N5/c1-17-12-14-20(15-13-17)23-25-27-24(26-16-18(2)19-8-4-3-5-9-19)21-10-6-7-11-22(21)30(25)29-28-23/h3-15,18H,16H2,1-2H3,(H,26,27)/t18-/m0/s1. The predicted molar refractivity (Wildman–Crippen MR) is 122 cm³/mol. The fourth-order valence-electron chi connectivity index (χ4n) is 3.75. The molecule has 5 aromatic rings. The summed E-state index contributed by atoms with van der Waals surface area (Å²) in [6.45, 7) is 5.09. The number of aromatic nitrogens is 4. The third-order valence-electron chi connectivity index (χ3n) is 5.52. The maximum atomic E-state index is 4.95. The minimum atomic E-state index is 0.364. The van der Waals surface area contributed by atoms with Crippen LogP contribution in [-0.2, 0) is 0 Å². The van der Waals surface area contributed by atoms with Crippen molar-refractivity contribution in [1.29, 1.82) is 0 Å². The first-order valence-corrected chi connectivity index (χ1v) is 10.2. The first kappa shape index (κ1) is 18.3. The predicted octanol–water partition coefficient (Wildman–Crippen LogP) is 5.47. The molecule has 0 aliphatic carbocycles. The van der Waals surface area contributed by atoms with Crippen LogP contribution in [0, 0.1) is 6.92 Å². The number of para-hydroxylation sites is 1. The van der Waals surface area contributed by atoms with Crippen LogP contribution in [-0.4, -0.2) is 26.4 Å². The molecule has 0 saturated carbocycles. The van der Waals surface area contributed by atoms with Crippen molar-refractivity contribution in [1.82, 2.24) is 19.8 Å². The number of aryl methyl sites for hydroxylation is 1. The lowest BCUT2D eigenvalue weighted by Gasteiger charge is -2.15. The van der Waals surface area contributed by atoms with Crippen LogP contribution in [0.2, 0.25) is 0 Å². The Balaban J connectivity index is 1.58. The zero-order valence-electron chi connectivity index (χ0n) is 17.1. The second kappa shape index (κ2) is 7.59. The summed E-state index contributed by atoms with van der Waals surface area (Å²) in [6.07, 6.45) is 0. The summed E-state index contributed by atoms with van der Waals surface area (Å²) in [7, 11) is 0. The van der Waals surface area contributed by atoms with Gasteiger partial charge in [0, 0.05) is 17.5 Å². The molecule has 2 aromatic heterocycles. The first-order chi connectivity index (χ1) is 14.7. The number of hydrogen-bond donors (Lipinski definition) is 1. The zero-order chi connectivity index (χ0) is 20.5. The van der Waals surface area contributed by atoms with Gasteiger partial charge < -0.3 is 5.32 Å². The van der Waals surface area contributed by atoms with E-state index in [1.54, 1.807) is 0 Å². The van der Waals surface area contributed by atoms with Gasteiger partial charge in [0.1, 0.15) is 11.5 Å². The van der Waals surface area contributed by atoms with Crippen molar-refractivity contribution in [2.24, 2.45) is 0 Å². The molecule has 0 unspecified atom stereocenters. The fraction of sp³-hybridized carbons (Fsp3) is 0.160. The molecule has 5 rings (SSSR count). The molecule has 0 fully saturated rings. The second-order valence-corrected chi connectivity index (χ2v) is 7.71. The summed E-state index contributed by atoms with van der Waals surface area (Å²) in [6, 6.07) is 27.0. The lowest BCUT2D eigenvalue weighted by Crippen LogP contribution is -2.12. The lowest BCUT2D eigenvalue weighted by molar-refractivity contribution is 0.802. The van der Waals surface area contributed by atoms with E-state index in [0.717, 1.165) is 40.2 Å². The third-order valence-corrected chi connectivity index (χ3v) is 5.52. The Morgan fingerprint density at radius 3 is 2.43 bits per heavy atom. The number of nitrogens with zero attached hydrogens (tertiary/aromatic N) is 4. The highest BCUT2D eigenvalue weighted by atomic mass is 15.4. The van der Waals surface area contributed by atoms with Gasteiger partial charge in [0.2, 0.25) is 0 Å². The Hall–Kier alpha value is -3.73. The van der Waals surface area contributed by atoms with Crippen LogP contribution in [0.3, 0.4) is 0 Å². The second-order valence-electron chi connectivity index (χ2n) is 7.71. The van der Waals surface area contributed by atoms with Crippen LogP contribution in [0.15, 0.2) is 78.9 Å². The SMILES string of the molecule is Cc1ccc(-c2nnn3c2nc(NC[C@H](C)c2ccccc2)c2ccccc23)cc1. The summed E-state index contributed by atoms with van der Waals surface area (Å²) < 4.78 is 1.83. The minimum absolute atomic E-state index is 0.364. The summed E-state index contributed by atoms with van der Waals surface area (Å²) in [4.78, 5) is 4.95. The van der Waals surface area contributed by atoms with Crippen LogP contribution in [0.25, 0.3) is 27.8 Å². The van der Waals surface area contributed by atoms with Gasteiger partial charge in [-0.2, -0.15) is 4.52 Å². The zero-order valence-corrected chi connectivity index (χ0v) is 17.1. The average Bonchev–Trinajstić information content (AvgIpc) is 3.22. The molecule has 0 saturated heterocycles. The summed E-state index contributed by atoms with van der Waals surface area (Å²) >= 11 is 0. The normalized spacial score (nSPS) is 12.3. The Labute approximate surface area is 175 Å². The Morgan fingerprint density at radius 1 is 0.900 bits per heavy atom. The van der Waals surface area contributed by atoms with Gasteiger partial charge in [-0.05, 0) is 30.5 Å². The lowest BCUT2D eigenvalue weighted by atomic mass is 10.0. The van der Waals surface area contributed by atoms with Crippen molar-refractivity contribution in [2.45, 2.75) is 19.8 Å². The first-order valence-electron chi connectivity index (χ1n) is 10.2. The van der Waals surface area contributed by atoms with Gasteiger partial charge in [0.25, 0.3) is 0 Å². The van der Waals surface area contributed by atoms with Crippen LogP contribution in [0.4, 0.5) is 5.82 Å². The molecule has 0 amide bonds.